The summed E-state index contributed by atoms with van der Waals surface area (Å²) in [5.41, 5.74) is -1.33. The summed E-state index contributed by atoms with van der Waals surface area (Å²) in [6.07, 6.45) is 8.30. The predicted octanol–water partition coefficient (Wildman–Crippen LogP) is 6.67. The minimum atomic E-state index is -1.25. The molecule has 0 amide bonds. The standard InChI is InChI=1S/C41H66O8/c1-10-12-13-14-32(44)48-24-41-27(21-36(4,5)33(45)34(41)46)26-15-16-29-37(6)19-18-30(42)38(7,23-49-35(47)25(3)11-2)28(37)17-20-39(29,8)40(26,9)22-31(41)43/h11,15,27-31,33-34,42-43,45-46H,10,12-14,16-24H2,1-9H3/b25-11+/t27?,28?,29?,30-,31+,33-,34-,37-,38+,39+,40+,41-/m0/s1. The van der Waals surface area contributed by atoms with Gasteiger partial charge in [-0.15, -0.1) is 0 Å². The molecule has 4 fully saturated rings. The second kappa shape index (κ2) is 13.3. The highest BCUT2D eigenvalue weighted by Crippen LogP contribution is 2.75. The van der Waals surface area contributed by atoms with Crippen LogP contribution in [0.2, 0.25) is 0 Å². The molecule has 0 heterocycles. The number of hydrogen-bond acceptors (Lipinski definition) is 8. The molecule has 5 aliphatic rings. The van der Waals surface area contributed by atoms with Gasteiger partial charge in [0.1, 0.15) is 6.61 Å². The van der Waals surface area contributed by atoms with Crippen molar-refractivity contribution in [1.29, 1.82) is 0 Å². The van der Waals surface area contributed by atoms with Gasteiger partial charge in [0, 0.05) is 17.4 Å². The number of carbonyl (C=O) groups excluding carboxylic acids is 2. The van der Waals surface area contributed by atoms with E-state index >= 15 is 0 Å². The van der Waals surface area contributed by atoms with E-state index in [1.807, 2.05) is 20.8 Å². The number of esters is 2. The summed E-state index contributed by atoms with van der Waals surface area (Å²) >= 11 is 0. The van der Waals surface area contributed by atoms with Crippen molar-refractivity contribution in [3.05, 3.63) is 23.3 Å². The van der Waals surface area contributed by atoms with Crippen LogP contribution in [-0.4, -0.2) is 70.0 Å². The Bertz CT molecular complexity index is 1340. The van der Waals surface area contributed by atoms with Gasteiger partial charge in [0.25, 0.3) is 0 Å². The quantitative estimate of drug-likeness (QED) is 0.0915. The fourth-order valence-corrected chi connectivity index (χ4v) is 12.1. The van der Waals surface area contributed by atoms with Gasteiger partial charge in [-0.2, -0.15) is 0 Å². The molecule has 278 valence electrons. The lowest BCUT2D eigenvalue weighted by Gasteiger charge is -2.72. The molecule has 0 aromatic rings. The topological polar surface area (TPSA) is 134 Å². The minimum absolute atomic E-state index is 0.118. The molecular weight excluding hydrogens is 620 g/mol. The predicted molar refractivity (Wildman–Crippen MR) is 189 cm³/mol. The third kappa shape index (κ3) is 5.78. The molecule has 8 nitrogen and oxygen atoms in total. The summed E-state index contributed by atoms with van der Waals surface area (Å²) in [6, 6.07) is 0. The Balaban J connectivity index is 1.52. The lowest BCUT2D eigenvalue weighted by molar-refractivity contribution is -0.261. The summed E-state index contributed by atoms with van der Waals surface area (Å²) in [5, 5.41) is 47.3. The van der Waals surface area contributed by atoms with Crippen molar-refractivity contribution >= 4 is 11.9 Å². The fraction of sp³-hybridized carbons (Fsp3) is 0.854. The maximum Gasteiger partial charge on any atom is 0.333 e. The van der Waals surface area contributed by atoms with E-state index in [-0.39, 0.29) is 53.7 Å². The van der Waals surface area contributed by atoms with Crippen LogP contribution >= 0.6 is 0 Å². The van der Waals surface area contributed by atoms with Crippen molar-refractivity contribution in [3.63, 3.8) is 0 Å². The Morgan fingerprint density at radius 3 is 2.22 bits per heavy atom. The Kier molecular flexibility index (Phi) is 10.5. The summed E-state index contributed by atoms with van der Waals surface area (Å²) < 4.78 is 11.8. The second-order valence-electron chi connectivity index (χ2n) is 18.5. The van der Waals surface area contributed by atoms with Crippen molar-refractivity contribution < 1.29 is 39.5 Å². The number of fused-ring (bicyclic) bond motifs is 7. The van der Waals surface area contributed by atoms with Gasteiger partial charge in [0.15, 0.2) is 0 Å². The molecule has 5 rings (SSSR count). The van der Waals surface area contributed by atoms with Gasteiger partial charge in [0.2, 0.25) is 0 Å². The van der Waals surface area contributed by atoms with Crippen LogP contribution in [0, 0.1) is 50.2 Å². The SMILES string of the molecule is C/C=C(\C)C(=O)OC[C@]1(C)C2CC[C@]3(C)C(CC=C4C5CC(C)(C)[C@@H](O)[C@H](O)[C@]5(COC(=O)CCCCC)[C@H](O)C[C@]43C)[C@@]2(C)CC[C@@H]1O. The van der Waals surface area contributed by atoms with E-state index in [9.17, 15) is 30.0 Å². The molecule has 49 heavy (non-hydrogen) atoms. The number of aliphatic hydroxyl groups is 4. The van der Waals surface area contributed by atoms with Gasteiger partial charge in [-0.05, 0) is 105 Å². The van der Waals surface area contributed by atoms with Crippen LogP contribution < -0.4 is 0 Å². The summed E-state index contributed by atoms with van der Waals surface area (Å²) in [7, 11) is 0. The molecule has 4 saturated carbocycles. The van der Waals surface area contributed by atoms with Crippen LogP contribution in [0.5, 0.6) is 0 Å². The van der Waals surface area contributed by atoms with E-state index in [4.69, 9.17) is 9.47 Å². The van der Waals surface area contributed by atoms with Crippen molar-refractivity contribution in [1.82, 2.24) is 0 Å². The van der Waals surface area contributed by atoms with Crippen LogP contribution in [-0.2, 0) is 19.1 Å². The number of ether oxygens (including phenoxy) is 2. The molecule has 4 N–H and O–H groups in total. The van der Waals surface area contributed by atoms with Gasteiger partial charge >= 0.3 is 11.9 Å². The van der Waals surface area contributed by atoms with E-state index in [1.54, 1.807) is 13.0 Å². The Morgan fingerprint density at radius 2 is 1.57 bits per heavy atom. The number of carbonyl (C=O) groups is 2. The molecule has 0 radical (unpaired) electrons. The number of rotatable bonds is 9. The van der Waals surface area contributed by atoms with E-state index < -0.39 is 46.1 Å². The molecule has 0 bridgehead atoms. The summed E-state index contributed by atoms with van der Waals surface area (Å²) in [6.45, 7) is 18.9. The first kappa shape index (κ1) is 38.5. The molecule has 8 heteroatoms. The molecule has 0 spiro atoms. The first-order valence-electron chi connectivity index (χ1n) is 19.2. The van der Waals surface area contributed by atoms with Crippen LogP contribution in [0.3, 0.4) is 0 Å². The lowest BCUT2D eigenvalue weighted by Crippen LogP contribution is -2.72. The lowest BCUT2D eigenvalue weighted by atomic mass is 9.33. The minimum Gasteiger partial charge on any atom is -0.465 e. The Labute approximate surface area is 295 Å². The monoisotopic (exact) mass is 686 g/mol. The van der Waals surface area contributed by atoms with E-state index in [0.717, 1.165) is 44.9 Å². The molecule has 3 unspecified atom stereocenters. The summed E-state index contributed by atoms with van der Waals surface area (Å²) in [4.78, 5) is 25.6. The van der Waals surface area contributed by atoms with Crippen LogP contribution in [0.25, 0.3) is 0 Å². The largest absolute Gasteiger partial charge is 0.465 e. The average molecular weight is 687 g/mol. The van der Waals surface area contributed by atoms with E-state index in [2.05, 4.69) is 40.7 Å². The Hall–Kier alpha value is -1.74. The number of hydrogen-bond donors (Lipinski definition) is 4. The molecule has 12 atom stereocenters. The zero-order chi connectivity index (χ0) is 36.4. The van der Waals surface area contributed by atoms with Gasteiger partial charge in [-0.25, -0.2) is 4.79 Å². The van der Waals surface area contributed by atoms with Crippen molar-refractivity contribution in [2.45, 2.75) is 157 Å². The number of aliphatic hydroxyl groups excluding tert-OH is 4. The van der Waals surface area contributed by atoms with Crippen molar-refractivity contribution in [2.75, 3.05) is 13.2 Å². The molecule has 5 aliphatic carbocycles. The number of unbranched alkanes of at least 4 members (excludes halogenated alkanes) is 2. The van der Waals surface area contributed by atoms with Gasteiger partial charge in [-0.1, -0.05) is 79.0 Å². The highest BCUT2D eigenvalue weighted by Gasteiger charge is 2.72. The van der Waals surface area contributed by atoms with Gasteiger partial charge in [-0.3, -0.25) is 4.79 Å². The normalized spacial score (nSPS) is 45.9. The van der Waals surface area contributed by atoms with Crippen LogP contribution in [0.1, 0.15) is 133 Å². The molecule has 0 aromatic carbocycles. The third-order valence-electron chi connectivity index (χ3n) is 15.7. The average Bonchev–Trinajstić information content (AvgIpc) is 3.04. The van der Waals surface area contributed by atoms with E-state index in [0.29, 0.717) is 31.3 Å². The highest BCUT2D eigenvalue weighted by molar-refractivity contribution is 5.87. The van der Waals surface area contributed by atoms with Gasteiger partial charge < -0.3 is 29.9 Å². The molecular formula is C41H66O8. The molecule has 0 aromatic heterocycles. The van der Waals surface area contributed by atoms with E-state index in [1.165, 1.54) is 5.57 Å². The van der Waals surface area contributed by atoms with Crippen LogP contribution in [0.15, 0.2) is 23.3 Å². The highest BCUT2D eigenvalue weighted by atomic mass is 16.5. The van der Waals surface area contributed by atoms with Gasteiger partial charge in [0.05, 0.1) is 36.4 Å². The molecule has 0 saturated heterocycles. The number of allylic oxidation sites excluding steroid dienone is 3. The first-order valence-corrected chi connectivity index (χ1v) is 19.2. The fourth-order valence-electron chi connectivity index (χ4n) is 12.1. The third-order valence-corrected chi connectivity index (χ3v) is 15.7. The first-order chi connectivity index (χ1) is 22.8. The second-order valence-corrected chi connectivity index (χ2v) is 18.5. The molecule has 0 aliphatic heterocycles. The summed E-state index contributed by atoms with van der Waals surface area (Å²) in [5.74, 6) is -0.525. The Morgan fingerprint density at radius 1 is 0.878 bits per heavy atom. The zero-order valence-corrected chi connectivity index (χ0v) is 31.8. The maximum atomic E-state index is 12.9. The van der Waals surface area contributed by atoms with Crippen molar-refractivity contribution in [3.8, 4) is 0 Å². The zero-order valence-electron chi connectivity index (χ0n) is 31.8. The van der Waals surface area contributed by atoms with Crippen LogP contribution in [0.4, 0.5) is 0 Å². The smallest absolute Gasteiger partial charge is 0.333 e. The van der Waals surface area contributed by atoms with Crippen molar-refractivity contribution in [2.24, 2.45) is 50.2 Å². The maximum absolute atomic E-state index is 12.9.